The van der Waals surface area contributed by atoms with Crippen molar-refractivity contribution in [2.45, 2.75) is 56.5 Å². The molecule has 2 saturated heterocycles. The molecule has 4 nitrogen and oxygen atoms in total. The lowest BCUT2D eigenvalue weighted by atomic mass is 9.98. The molecular weight excluding hydrogens is 244 g/mol. The van der Waals surface area contributed by atoms with E-state index in [1.807, 2.05) is 0 Å². The van der Waals surface area contributed by atoms with Crippen LogP contribution < -0.4 is 5.32 Å². The maximum Gasteiger partial charge on any atom is 0.202 e. The van der Waals surface area contributed by atoms with Gasteiger partial charge in [0, 0.05) is 36.1 Å². The molecule has 1 N–H and O–H groups in total. The largest absolute Gasteiger partial charge is 0.357 e. The third kappa shape index (κ3) is 2.14. The van der Waals surface area contributed by atoms with Crippen molar-refractivity contribution < 1.29 is 0 Å². The Morgan fingerprint density at radius 3 is 3.00 bits per heavy atom. The van der Waals surface area contributed by atoms with Gasteiger partial charge in [-0.2, -0.15) is 4.37 Å². The SMILES string of the molecule is C1C[C@H]2C[C@@H](Nc3nc(C4CC4)ns3)CCN2C1. The van der Waals surface area contributed by atoms with E-state index in [1.165, 1.54) is 51.6 Å². The Bertz CT molecular complexity index is 428. The number of rotatable bonds is 3. The first kappa shape index (κ1) is 11.2. The fourth-order valence-corrected chi connectivity index (χ4v) is 4.05. The van der Waals surface area contributed by atoms with Gasteiger partial charge in [-0.1, -0.05) is 0 Å². The van der Waals surface area contributed by atoms with Crippen molar-refractivity contribution in [2.24, 2.45) is 0 Å². The van der Waals surface area contributed by atoms with Crippen molar-refractivity contribution in [1.82, 2.24) is 14.3 Å². The number of hydrogen-bond acceptors (Lipinski definition) is 5. The highest BCUT2D eigenvalue weighted by Gasteiger charge is 2.32. The van der Waals surface area contributed by atoms with E-state index in [4.69, 9.17) is 0 Å². The molecule has 0 spiro atoms. The van der Waals surface area contributed by atoms with Gasteiger partial charge in [-0.05, 0) is 45.1 Å². The van der Waals surface area contributed by atoms with Crippen LogP contribution in [0.5, 0.6) is 0 Å². The molecule has 3 heterocycles. The van der Waals surface area contributed by atoms with Crippen molar-refractivity contribution >= 4 is 16.7 Å². The minimum Gasteiger partial charge on any atom is -0.357 e. The first-order valence-electron chi connectivity index (χ1n) is 7.23. The summed E-state index contributed by atoms with van der Waals surface area (Å²) in [6, 6.07) is 1.44. The summed E-state index contributed by atoms with van der Waals surface area (Å²) in [7, 11) is 0. The molecule has 18 heavy (non-hydrogen) atoms. The highest BCUT2D eigenvalue weighted by Crippen LogP contribution is 2.39. The van der Waals surface area contributed by atoms with Crippen LogP contribution in [0.4, 0.5) is 5.13 Å². The van der Waals surface area contributed by atoms with Crippen LogP contribution in [0.1, 0.15) is 50.3 Å². The standard InChI is InChI=1S/C13H20N4S/c1-2-11-8-10(5-7-17(11)6-1)14-13-15-12(16-18-13)9-3-4-9/h9-11H,1-8H2,(H,14,15,16)/t10-,11-/m0/s1. The molecule has 1 aromatic heterocycles. The summed E-state index contributed by atoms with van der Waals surface area (Å²) in [6.45, 7) is 2.58. The molecule has 1 aliphatic carbocycles. The third-order valence-electron chi connectivity index (χ3n) is 4.53. The Hall–Kier alpha value is -0.680. The quantitative estimate of drug-likeness (QED) is 0.910. The first-order chi connectivity index (χ1) is 8.88. The van der Waals surface area contributed by atoms with Crippen molar-refractivity contribution in [3.05, 3.63) is 5.82 Å². The summed E-state index contributed by atoms with van der Waals surface area (Å²) in [5.41, 5.74) is 0. The topological polar surface area (TPSA) is 41.1 Å². The zero-order valence-corrected chi connectivity index (χ0v) is 11.5. The maximum atomic E-state index is 4.63. The van der Waals surface area contributed by atoms with Crippen LogP contribution in [0, 0.1) is 0 Å². The smallest absolute Gasteiger partial charge is 0.202 e. The Morgan fingerprint density at radius 2 is 2.11 bits per heavy atom. The second-order valence-corrected chi connectivity index (χ2v) is 6.68. The van der Waals surface area contributed by atoms with Crippen molar-refractivity contribution in [2.75, 3.05) is 18.4 Å². The van der Waals surface area contributed by atoms with E-state index in [0.717, 1.165) is 17.0 Å². The Kier molecular flexibility index (Phi) is 2.77. The average molecular weight is 264 g/mol. The monoisotopic (exact) mass is 264 g/mol. The molecule has 98 valence electrons. The van der Waals surface area contributed by atoms with Crippen LogP contribution in [0.3, 0.4) is 0 Å². The van der Waals surface area contributed by atoms with Crippen LogP contribution in [-0.4, -0.2) is 39.4 Å². The van der Waals surface area contributed by atoms with Gasteiger partial charge in [-0.3, -0.25) is 0 Å². The summed E-state index contributed by atoms with van der Waals surface area (Å²) in [5, 5.41) is 4.66. The van der Waals surface area contributed by atoms with Gasteiger partial charge in [0.05, 0.1) is 0 Å². The molecule has 0 amide bonds. The fraction of sp³-hybridized carbons (Fsp3) is 0.846. The Balaban J connectivity index is 1.38. The van der Waals surface area contributed by atoms with Gasteiger partial charge in [-0.25, -0.2) is 4.98 Å². The van der Waals surface area contributed by atoms with Crippen LogP contribution in [0.15, 0.2) is 0 Å². The summed E-state index contributed by atoms with van der Waals surface area (Å²) in [5.74, 6) is 1.76. The van der Waals surface area contributed by atoms with Crippen LogP contribution in [0.25, 0.3) is 0 Å². The molecule has 4 rings (SSSR count). The fourth-order valence-electron chi connectivity index (χ4n) is 3.33. The zero-order valence-electron chi connectivity index (χ0n) is 10.6. The number of hydrogen-bond donors (Lipinski definition) is 1. The van der Waals surface area contributed by atoms with Crippen molar-refractivity contribution in [3.8, 4) is 0 Å². The zero-order chi connectivity index (χ0) is 11.9. The van der Waals surface area contributed by atoms with Crippen LogP contribution >= 0.6 is 11.5 Å². The minimum atomic E-state index is 0.615. The predicted octanol–water partition coefficient (Wildman–Crippen LogP) is 2.45. The molecule has 0 bridgehead atoms. The molecule has 5 heteroatoms. The summed E-state index contributed by atoms with van der Waals surface area (Å²) >= 11 is 1.55. The number of anilines is 1. The Labute approximate surface area is 112 Å². The number of aromatic nitrogens is 2. The number of piperidine rings is 1. The molecule has 1 saturated carbocycles. The molecule has 1 aromatic rings. The van der Waals surface area contributed by atoms with Crippen LogP contribution in [0.2, 0.25) is 0 Å². The van der Waals surface area contributed by atoms with E-state index >= 15 is 0 Å². The van der Waals surface area contributed by atoms with E-state index in [9.17, 15) is 0 Å². The van der Waals surface area contributed by atoms with Crippen molar-refractivity contribution in [3.63, 3.8) is 0 Å². The van der Waals surface area contributed by atoms with E-state index in [2.05, 4.69) is 19.6 Å². The molecular formula is C13H20N4S. The lowest BCUT2D eigenvalue weighted by molar-refractivity contribution is 0.188. The molecule has 3 fully saturated rings. The number of nitrogens with zero attached hydrogens (tertiary/aromatic N) is 3. The van der Waals surface area contributed by atoms with Gasteiger partial charge < -0.3 is 10.2 Å². The maximum absolute atomic E-state index is 4.63. The average Bonchev–Trinajstić information content (AvgIpc) is 2.95. The highest BCUT2D eigenvalue weighted by molar-refractivity contribution is 7.09. The number of nitrogens with one attached hydrogen (secondary N) is 1. The molecule has 0 radical (unpaired) electrons. The lowest BCUT2D eigenvalue weighted by Crippen LogP contribution is -2.42. The first-order valence-corrected chi connectivity index (χ1v) is 8.00. The van der Waals surface area contributed by atoms with Gasteiger partial charge in [0.25, 0.3) is 0 Å². The molecule has 0 unspecified atom stereocenters. The highest BCUT2D eigenvalue weighted by atomic mass is 32.1. The van der Waals surface area contributed by atoms with Crippen molar-refractivity contribution in [1.29, 1.82) is 0 Å². The molecule has 3 aliphatic rings. The minimum absolute atomic E-state index is 0.615. The third-order valence-corrected chi connectivity index (χ3v) is 5.19. The van der Waals surface area contributed by atoms with E-state index in [1.54, 1.807) is 11.5 Å². The molecule has 2 atom stereocenters. The lowest BCUT2D eigenvalue weighted by Gasteiger charge is -2.34. The second-order valence-electron chi connectivity index (χ2n) is 5.93. The summed E-state index contributed by atoms with van der Waals surface area (Å²) < 4.78 is 4.47. The van der Waals surface area contributed by atoms with Gasteiger partial charge in [0.1, 0.15) is 5.82 Å². The van der Waals surface area contributed by atoms with Crippen LogP contribution in [-0.2, 0) is 0 Å². The second kappa shape index (κ2) is 4.46. The molecule has 2 aliphatic heterocycles. The Morgan fingerprint density at radius 1 is 1.17 bits per heavy atom. The summed E-state index contributed by atoms with van der Waals surface area (Å²) in [4.78, 5) is 7.30. The van der Waals surface area contributed by atoms with Gasteiger partial charge in [0.15, 0.2) is 0 Å². The predicted molar refractivity (Wildman–Crippen MR) is 73.1 cm³/mol. The normalized spacial score (nSPS) is 32.4. The van der Waals surface area contributed by atoms with E-state index < -0.39 is 0 Å². The molecule has 0 aromatic carbocycles. The van der Waals surface area contributed by atoms with Gasteiger partial charge in [0.2, 0.25) is 5.13 Å². The number of fused-ring (bicyclic) bond motifs is 1. The van der Waals surface area contributed by atoms with Gasteiger partial charge in [-0.15, -0.1) is 0 Å². The summed E-state index contributed by atoms with van der Waals surface area (Å²) in [6.07, 6.45) is 7.91. The van der Waals surface area contributed by atoms with E-state index in [-0.39, 0.29) is 0 Å². The van der Waals surface area contributed by atoms with Gasteiger partial charge >= 0.3 is 0 Å². The van der Waals surface area contributed by atoms with E-state index in [0.29, 0.717) is 12.0 Å².